The summed E-state index contributed by atoms with van der Waals surface area (Å²) in [5.74, 6) is 0. The summed E-state index contributed by atoms with van der Waals surface area (Å²) in [6.45, 7) is 5.29. The minimum Gasteiger partial charge on any atom is -0.375 e. The standard InChI is InChI=1S/C11H18N2O/c1-8(2)13-9-4-6-14-11(3-5-12)10(13)7-9/h8-11H,3-4,6-7H2,1-2H3/t9-,10-,11+/m0/s1. The van der Waals surface area contributed by atoms with Crippen LogP contribution >= 0.6 is 0 Å². The predicted octanol–water partition coefficient (Wildman–Crippen LogP) is 1.54. The summed E-state index contributed by atoms with van der Waals surface area (Å²) < 4.78 is 5.71. The van der Waals surface area contributed by atoms with Crippen LogP contribution in [0.3, 0.4) is 0 Å². The Labute approximate surface area is 85.6 Å². The van der Waals surface area contributed by atoms with Crippen molar-refractivity contribution in [1.82, 2.24) is 4.90 Å². The van der Waals surface area contributed by atoms with Crippen LogP contribution in [-0.4, -0.2) is 35.7 Å². The second-order valence-corrected chi connectivity index (χ2v) is 4.56. The summed E-state index contributed by atoms with van der Waals surface area (Å²) in [4.78, 5) is 2.52. The molecule has 3 aliphatic heterocycles. The molecule has 0 aliphatic carbocycles. The third-order valence-electron chi connectivity index (χ3n) is 3.42. The van der Waals surface area contributed by atoms with Gasteiger partial charge in [-0.05, 0) is 26.7 Å². The predicted molar refractivity (Wildman–Crippen MR) is 53.8 cm³/mol. The molecule has 0 N–H and O–H groups in total. The first-order valence-electron chi connectivity index (χ1n) is 5.50. The van der Waals surface area contributed by atoms with Crippen molar-refractivity contribution in [2.24, 2.45) is 0 Å². The van der Waals surface area contributed by atoms with Gasteiger partial charge in [0.15, 0.2) is 0 Å². The monoisotopic (exact) mass is 194 g/mol. The number of hydrogen-bond donors (Lipinski definition) is 0. The van der Waals surface area contributed by atoms with Crippen LogP contribution in [0.1, 0.15) is 33.1 Å². The topological polar surface area (TPSA) is 36.3 Å². The van der Waals surface area contributed by atoms with Crippen LogP contribution in [-0.2, 0) is 4.74 Å². The van der Waals surface area contributed by atoms with Gasteiger partial charge < -0.3 is 4.74 Å². The van der Waals surface area contributed by atoms with Gasteiger partial charge in [-0.1, -0.05) is 0 Å². The Hall–Kier alpha value is -0.590. The van der Waals surface area contributed by atoms with Gasteiger partial charge in [0.2, 0.25) is 0 Å². The minimum absolute atomic E-state index is 0.154. The lowest BCUT2D eigenvalue weighted by molar-refractivity contribution is -0.0584. The molecule has 3 rings (SSSR count). The van der Waals surface area contributed by atoms with E-state index in [4.69, 9.17) is 10.00 Å². The van der Waals surface area contributed by atoms with E-state index in [0.717, 1.165) is 13.0 Å². The van der Waals surface area contributed by atoms with Gasteiger partial charge in [-0.3, -0.25) is 4.90 Å². The summed E-state index contributed by atoms with van der Waals surface area (Å²) in [6, 6.07) is 4.03. The number of hydrogen-bond acceptors (Lipinski definition) is 3. The molecule has 3 heterocycles. The quantitative estimate of drug-likeness (QED) is 0.669. The minimum atomic E-state index is 0.154. The van der Waals surface area contributed by atoms with Crippen LogP contribution in [0.4, 0.5) is 0 Å². The highest BCUT2D eigenvalue weighted by Crippen LogP contribution is 2.37. The van der Waals surface area contributed by atoms with Gasteiger partial charge in [-0.15, -0.1) is 0 Å². The fourth-order valence-corrected chi connectivity index (χ4v) is 2.82. The summed E-state index contributed by atoms with van der Waals surface area (Å²) >= 11 is 0. The molecule has 0 saturated carbocycles. The Morgan fingerprint density at radius 3 is 3.00 bits per heavy atom. The molecule has 3 heteroatoms. The van der Waals surface area contributed by atoms with Crippen molar-refractivity contribution < 1.29 is 4.74 Å². The fraction of sp³-hybridized carbons (Fsp3) is 0.909. The number of nitriles is 1. The van der Waals surface area contributed by atoms with Crippen molar-refractivity contribution in [2.75, 3.05) is 6.61 Å². The molecule has 0 aromatic heterocycles. The van der Waals surface area contributed by atoms with Crippen LogP contribution in [0.15, 0.2) is 0 Å². The molecule has 3 nitrogen and oxygen atoms in total. The Bertz CT molecular complexity index is 246. The van der Waals surface area contributed by atoms with E-state index in [1.165, 1.54) is 6.42 Å². The maximum absolute atomic E-state index is 8.72. The summed E-state index contributed by atoms with van der Waals surface area (Å²) in [7, 11) is 0. The molecule has 14 heavy (non-hydrogen) atoms. The SMILES string of the molecule is CC(C)N1[C@H]2CCO[C@H](CC#N)[C@@H]1C2. The van der Waals surface area contributed by atoms with Gasteiger partial charge in [-0.2, -0.15) is 5.26 Å². The van der Waals surface area contributed by atoms with Crippen molar-refractivity contribution in [1.29, 1.82) is 5.26 Å². The van der Waals surface area contributed by atoms with Crippen molar-refractivity contribution in [3.05, 3.63) is 0 Å². The van der Waals surface area contributed by atoms with E-state index in [2.05, 4.69) is 24.8 Å². The molecule has 0 unspecified atom stereocenters. The van der Waals surface area contributed by atoms with E-state index in [1.54, 1.807) is 0 Å². The molecule has 3 atom stereocenters. The molecule has 78 valence electrons. The van der Waals surface area contributed by atoms with Gasteiger partial charge in [-0.25, -0.2) is 0 Å². The molecule has 0 amide bonds. The average molecular weight is 194 g/mol. The van der Waals surface area contributed by atoms with Gasteiger partial charge in [0.25, 0.3) is 0 Å². The summed E-state index contributed by atoms with van der Waals surface area (Å²) in [5.41, 5.74) is 0. The van der Waals surface area contributed by atoms with Gasteiger partial charge in [0, 0.05) is 24.7 Å². The van der Waals surface area contributed by atoms with Crippen molar-refractivity contribution in [2.45, 2.75) is 57.3 Å². The molecule has 0 aromatic carbocycles. The first kappa shape index (κ1) is 9.95. The molecule has 3 saturated heterocycles. The first-order chi connectivity index (χ1) is 6.74. The third kappa shape index (κ3) is 1.53. The van der Waals surface area contributed by atoms with E-state index in [9.17, 15) is 0 Å². The maximum atomic E-state index is 8.72. The van der Waals surface area contributed by atoms with Crippen LogP contribution < -0.4 is 0 Å². The van der Waals surface area contributed by atoms with E-state index >= 15 is 0 Å². The zero-order valence-electron chi connectivity index (χ0n) is 8.94. The third-order valence-corrected chi connectivity index (χ3v) is 3.42. The Morgan fingerprint density at radius 1 is 1.57 bits per heavy atom. The molecular weight excluding hydrogens is 176 g/mol. The molecule has 3 fully saturated rings. The molecule has 2 bridgehead atoms. The highest BCUT2D eigenvalue weighted by atomic mass is 16.5. The number of nitrogens with zero attached hydrogens (tertiary/aromatic N) is 2. The van der Waals surface area contributed by atoms with Crippen molar-refractivity contribution in [3.8, 4) is 6.07 Å². The second-order valence-electron chi connectivity index (χ2n) is 4.56. The highest BCUT2D eigenvalue weighted by Gasteiger charge is 2.46. The zero-order valence-corrected chi connectivity index (χ0v) is 8.94. The molecule has 3 aliphatic rings. The van der Waals surface area contributed by atoms with Gasteiger partial charge in [0.1, 0.15) is 0 Å². The summed E-state index contributed by atoms with van der Waals surface area (Å²) in [5, 5.41) is 8.72. The summed E-state index contributed by atoms with van der Waals surface area (Å²) in [6.07, 6.45) is 3.06. The maximum Gasteiger partial charge on any atom is 0.0860 e. The molecular formula is C11H18N2O. The smallest absolute Gasteiger partial charge is 0.0860 e. The molecule has 0 spiro atoms. The molecule has 0 aromatic rings. The Morgan fingerprint density at radius 2 is 2.36 bits per heavy atom. The normalized spacial score (nSPS) is 37.4. The van der Waals surface area contributed by atoms with Crippen molar-refractivity contribution in [3.63, 3.8) is 0 Å². The van der Waals surface area contributed by atoms with Crippen LogP contribution in [0.25, 0.3) is 0 Å². The number of fused-ring (bicyclic) bond motifs is 3. The largest absolute Gasteiger partial charge is 0.375 e. The van der Waals surface area contributed by atoms with Crippen molar-refractivity contribution >= 4 is 0 Å². The Kier molecular flexibility index (Phi) is 2.76. The molecule has 0 radical (unpaired) electrons. The van der Waals surface area contributed by atoms with Gasteiger partial charge in [0.05, 0.1) is 18.6 Å². The fourth-order valence-electron chi connectivity index (χ4n) is 2.82. The van der Waals surface area contributed by atoms with Crippen LogP contribution in [0, 0.1) is 11.3 Å². The van der Waals surface area contributed by atoms with Crippen LogP contribution in [0.5, 0.6) is 0 Å². The van der Waals surface area contributed by atoms with E-state index in [-0.39, 0.29) is 6.10 Å². The van der Waals surface area contributed by atoms with E-state index < -0.39 is 0 Å². The number of ether oxygens (including phenoxy) is 1. The lowest BCUT2D eigenvalue weighted by Gasteiger charge is -2.51. The van der Waals surface area contributed by atoms with E-state index in [0.29, 0.717) is 24.5 Å². The lowest BCUT2D eigenvalue weighted by Crippen LogP contribution is -2.61. The van der Waals surface area contributed by atoms with Crippen LogP contribution in [0.2, 0.25) is 0 Å². The first-order valence-corrected chi connectivity index (χ1v) is 5.50. The Balaban J connectivity index is 2.05. The van der Waals surface area contributed by atoms with E-state index in [1.807, 2.05) is 0 Å². The average Bonchev–Trinajstić information content (AvgIpc) is 2.34. The number of rotatable bonds is 2. The zero-order chi connectivity index (χ0) is 10.1. The second kappa shape index (κ2) is 3.88. The van der Waals surface area contributed by atoms with Gasteiger partial charge >= 0.3 is 0 Å². The lowest BCUT2D eigenvalue weighted by atomic mass is 9.85. The highest BCUT2D eigenvalue weighted by molar-refractivity contribution is 5.02.